The molecule has 0 aliphatic rings. The summed E-state index contributed by atoms with van der Waals surface area (Å²) in [6.07, 6.45) is 1.39. The van der Waals surface area contributed by atoms with Crippen LogP contribution in [0.25, 0.3) is 0 Å². The Morgan fingerprint density at radius 3 is 2.70 bits per heavy atom. The fourth-order valence-corrected chi connectivity index (χ4v) is 2.75. The molecule has 1 rings (SSSR count). The molecule has 0 bridgehead atoms. The molecular formula is C14H22N2O3S. The summed E-state index contributed by atoms with van der Waals surface area (Å²) in [7, 11) is 0. The highest BCUT2D eigenvalue weighted by Crippen LogP contribution is 2.17. The Balaban J connectivity index is 2.41. The average Bonchev–Trinajstić information content (AvgIpc) is 2.81. The van der Waals surface area contributed by atoms with E-state index in [0.717, 1.165) is 11.3 Å². The number of rotatable bonds is 7. The number of hydrogen-bond donors (Lipinski definition) is 3. The van der Waals surface area contributed by atoms with E-state index in [1.54, 1.807) is 11.3 Å². The van der Waals surface area contributed by atoms with Crippen molar-refractivity contribution in [2.24, 2.45) is 0 Å². The van der Waals surface area contributed by atoms with Crippen LogP contribution >= 0.6 is 11.3 Å². The maximum Gasteiger partial charge on any atom is 0.315 e. The third kappa shape index (κ3) is 5.61. The lowest BCUT2D eigenvalue weighted by Crippen LogP contribution is -2.48. The first-order valence-corrected chi connectivity index (χ1v) is 7.55. The lowest BCUT2D eigenvalue weighted by Gasteiger charge is -2.25. The highest BCUT2D eigenvalue weighted by Gasteiger charge is 2.21. The van der Waals surface area contributed by atoms with Gasteiger partial charge in [-0.05, 0) is 43.7 Å². The predicted octanol–water partition coefficient (Wildman–Crippen LogP) is 2.75. The number of carboxylic acids is 1. The van der Waals surface area contributed by atoms with Gasteiger partial charge in [0.15, 0.2) is 0 Å². The molecule has 3 N–H and O–H groups in total. The van der Waals surface area contributed by atoms with Crippen molar-refractivity contribution < 1.29 is 14.7 Å². The largest absolute Gasteiger partial charge is 0.481 e. The number of nitrogens with one attached hydrogen (secondary N) is 2. The quantitative estimate of drug-likeness (QED) is 0.724. The normalized spacial score (nSPS) is 11.2. The average molecular weight is 298 g/mol. The number of amides is 2. The molecule has 112 valence electrons. The first-order valence-electron chi connectivity index (χ1n) is 6.67. The summed E-state index contributed by atoms with van der Waals surface area (Å²) in [6, 6.07) is 1.80. The van der Waals surface area contributed by atoms with Gasteiger partial charge in [0.25, 0.3) is 0 Å². The monoisotopic (exact) mass is 298 g/mol. The molecule has 0 atom stereocenters. The second-order valence-electron chi connectivity index (χ2n) is 5.31. The number of thiophene rings is 1. The van der Waals surface area contributed by atoms with E-state index in [1.165, 1.54) is 5.56 Å². The molecule has 1 aromatic heterocycles. The summed E-state index contributed by atoms with van der Waals surface area (Å²) in [5.74, 6) is -0.855. The molecule has 0 saturated heterocycles. The summed E-state index contributed by atoms with van der Waals surface area (Å²) < 4.78 is 0. The highest BCUT2D eigenvalue weighted by molar-refractivity contribution is 7.10. The van der Waals surface area contributed by atoms with Gasteiger partial charge in [0, 0.05) is 16.8 Å². The summed E-state index contributed by atoms with van der Waals surface area (Å²) in [4.78, 5) is 23.5. The Morgan fingerprint density at radius 1 is 1.40 bits per heavy atom. The van der Waals surface area contributed by atoms with Crippen LogP contribution in [0, 0.1) is 0 Å². The number of carboxylic acid groups (broad SMARTS) is 1. The van der Waals surface area contributed by atoms with Crippen molar-refractivity contribution in [3.8, 4) is 0 Å². The van der Waals surface area contributed by atoms with Crippen molar-refractivity contribution in [1.82, 2.24) is 10.6 Å². The van der Waals surface area contributed by atoms with Crippen LogP contribution in [-0.2, 0) is 17.8 Å². The lowest BCUT2D eigenvalue weighted by molar-refractivity contribution is -0.137. The van der Waals surface area contributed by atoms with E-state index in [-0.39, 0.29) is 12.5 Å². The van der Waals surface area contributed by atoms with E-state index in [2.05, 4.69) is 23.6 Å². The summed E-state index contributed by atoms with van der Waals surface area (Å²) >= 11 is 1.63. The van der Waals surface area contributed by atoms with Crippen LogP contribution in [0.2, 0.25) is 0 Å². The predicted molar refractivity (Wildman–Crippen MR) is 80.0 cm³/mol. The summed E-state index contributed by atoms with van der Waals surface area (Å²) in [5, 5.41) is 16.3. The standard InChI is InChI=1S/C14H22N2O3S/c1-4-10-6-8-20-11(10)9-15-13(19)16-14(2,3)7-5-12(17)18/h6,8H,4-5,7,9H2,1-3H3,(H,17,18)(H2,15,16,19). The van der Waals surface area contributed by atoms with E-state index in [0.29, 0.717) is 13.0 Å². The maximum absolute atomic E-state index is 11.8. The topological polar surface area (TPSA) is 78.4 Å². The SMILES string of the molecule is CCc1ccsc1CNC(=O)NC(C)(C)CCC(=O)O. The number of hydrogen-bond acceptors (Lipinski definition) is 3. The van der Waals surface area contributed by atoms with E-state index in [4.69, 9.17) is 5.11 Å². The molecule has 1 aromatic rings. The zero-order chi connectivity index (χ0) is 15.2. The first-order chi connectivity index (χ1) is 9.34. The van der Waals surface area contributed by atoms with E-state index in [1.807, 2.05) is 19.2 Å². The minimum absolute atomic E-state index is 0.0399. The zero-order valence-corrected chi connectivity index (χ0v) is 13.0. The van der Waals surface area contributed by atoms with Gasteiger partial charge in [-0.1, -0.05) is 6.92 Å². The van der Waals surface area contributed by atoms with Gasteiger partial charge in [-0.2, -0.15) is 0 Å². The molecule has 2 amide bonds. The van der Waals surface area contributed by atoms with Crippen molar-refractivity contribution in [3.05, 3.63) is 21.9 Å². The highest BCUT2D eigenvalue weighted by atomic mass is 32.1. The minimum Gasteiger partial charge on any atom is -0.481 e. The summed E-state index contributed by atoms with van der Waals surface area (Å²) in [5.41, 5.74) is 0.714. The van der Waals surface area contributed by atoms with Crippen LogP contribution in [0.1, 0.15) is 44.1 Å². The van der Waals surface area contributed by atoms with Crippen molar-refractivity contribution >= 4 is 23.3 Å². The van der Waals surface area contributed by atoms with Gasteiger partial charge in [-0.15, -0.1) is 11.3 Å². The van der Waals surface area contributed by atoms with Crippen molar-refractivity contribution in [1.29, 1.82) is 0 Å². The lowest BCUT2D eigenvalue weighted by atomic mass is 9.99. The molecule has 0 aliphatic carbocycles. The molecule has 5 nitrogen and oxygen atoms in total. The van der Waals surface area contributed by atoms with E-state index in [9.17, 15) is 9.59 Å². The minimum atomic E-state index is -0.855. The second kappa shape index (κ2) is 7.28. The number of aliphatic carboxylic acids is 1. The van der Waals surface area contributed by atoms with Crippen LogP contribution in [0.15, 0.2) is 11.4 Å². The van der Waals surface area contributed by atoms with Gasteiger partial charge in [0.1, 0.15) is 0 Å². The molecule has 0 spiro atoms. The molecule has 0 aromatic carbocycles. The van der Waals surface area contributed by atoms with Crippen molar-refractivity contribution in [2.45, 2.75) is 52.1 Å². The number of carbonyl (C=O) groups is 2. The molecule has 0 fully saturated rings. The number of urea groups is 1. The van der Waals surface area contributed by atoms with Crippen LogP contribution in [0.5, 0.6) is 0 Å². The summed E-state index contributed by atoms with van der Waals surface area (Å²) in [6.45, 7) is 6.22. The van der Waals surface area contributed by atoms with E-state index >= 15 is 0 Å². The second-order valence-corrected chi connectivity index (χ2v) is 6.31. The van der Waals surface area contributed by atoms with E-state index < -0.39 is 11.5 Å². The Hall–Kier alpha value is -1.56. The van der Waals surface area contributed by atoms with Crippen LogP contribution in [-0.4, -0.2) is 22.6 Å². The van der Waals surface area contributed by atoms with Crippen molar-refractivity contribution in [2.75, 3.05) is 0 Å². The molecule has 0 unspecified atom stereocenters. The fourth-order valence-electron chi connectivity index (χ4n) is 1.83. The van der Waals surface area contributed by atoms with Crippen molar-refractivity contribution in [3.63, 3.8) is 0 Å². The Labute approximate surface area is 123 Å². The molecule has 0 saturated carbocycles. The number of carbonyl (C=O) groups excluding carboxylic acids is 1. The number of aryl methyl sites for hydroxylation is 1. The fraction of sp³-hybridized carbons (Fsp3) is 0.571. The third-order valence-corrected chi connectivity index (χ3v) is 4.01. The molecule has 20 heavy (non-hydrogen) atoms. The van der Waals surface area contributed by atoms with Gasteiger partial charge in [0.2, 0.25) is 0 Å². The smallest absolute Gasteiger partial charge is 0.315 e. The van der Waals surface area contributed by atoms with Gasteiger partial charge in [0.05, 0.1) is 6.54 Å². The molecular weight excluding hydrogens is 276 g/mol. The van der Waals surface area contributed by atoms with Gasteiger partial charge in [-0.25, -0.2) is 4.79 Å². The maximum atomic E-state index is 11.8. The first kappa shape index (κ1) is 16.5. The molecule has 0 radical (unpaired) electrons. The van der Waals surface area contributed by atoms with Crippen LogP contribution in [0.3, 0.4) is 0 Å². The van der Waals surface area contributed by atoms with Gasteiger partial charge in [-0.3, -0.25) is 4.79 Å². The third-order valence-electron chi connectivity index (χ3n) is 3.04. The molecule has 0 aliphatic heterocycles. The Bertz CT molecular complexity index is 469. The Morgan fingerprint density at radius 2 is 2.10 bits per heavy atom. The van der Waals surface area contributed by atoms with Gasteiger partial charge >= 0.3 is 12.0 Å². The Kier molecular flexibility index (Phi) is 6.01. The zero-order valence-electron chi connectivity index (χ0n) is 12.2. The molecule has 1 heterocycles. The van der Waals surface area contributed by atoms with Crippen LogP contribution < -0.4 is 10.6 Å². The molecule has 6 heteroatoms. The van der Waals surface area contributed by atoms with Gasteiger partial charge < -0.3 is 15.7 Å². The van der Waals surface area contributed by atoms with Crippen LogP contribution in [0.4, 0.5) is 4.79 Å².